The number of carbonyl (C=O) groups excluding carboxylic acids is 2. The lowest BCUT2D eigenvalue weighted by Gasteiger charge is -2.24. The Morgan fingerprint density at radius 1 is 0.674 bits per heavy atom. The van der Waals surface area contributed by atoms with Gasteiger partial charge in [0.1, 0.15) is 11.6 Å². The van der Waals surface area contributed by atoms with Gasteiger partial charge in [-0.3, -0.25) is 9.59 Å². The summed E-state index contributed by atoms with van der Waals surface area (Å²) in [6.07, 6.45) is 6.95. The summed E-state index contributed by atoms with van der Waals surface area (Å²) in [6, 6.07) is 11.7. The zero-order chi connectivity index (χ0) is 30.1. The number of Topliss-reactive ketones (excluding diaryl/α,β-unsaturated/α-hetero) is 2. The molecule has 4 aliphatic rings. The molecule has 4 fully saturated rings. The average molecular weight is 593 g/mol. The van der Waals surface area contributed by atoms with Crippen LogP contribution in [0.4, 0.5) is 0 Å². The maximum atomic E-state index is 13.7. The van der Waals surface area contributed by atoms with E-state index in [1.807, 2.05) is 36.4 Å². The van der Waals surface area contributed by atoms with Crippen molar-refractivity contribution >= 4 is 11.6 Å². The molecule has 2 aromatic carbocycles. The molecule has 2 aliphatic carbocycles. The summed E-state index contributed by atoms with van der Waals surface area (Å²) in [5.41, 5.74) is 1.02. The molecule has 2 aliphatic heterocycles. The van der Waals surface area contributed by atoms with E-state index in [0.717, 1.165) is 62.5 Å². The first-order chi connectivity index (χ1) is 20.8. The fourth-order valence-electron chi connectivity index (χ4n) is 6.67. The van der Waals surface area contributed by atoms with Crippen LogP contribution in [-0.4, -0.2) is 51.6 Å². The van der Waals surface area contributed by atoms with E-state index in [4.69, 9.17) is 28.4 Å². The number of carbonyl (C=O) groups is 2. The Morgan fingerprint density at radius 3 is 1.49 bits per heavy atom. The van der Waals surface area contributed by atoms with Crippen LogP contribution in [0.3, 0.4) is 0 Å². The zero-order valence-corrected chi connectivity index (χ0v) is 25.8. The van der Waals surface area contributed by atoms with Crippen molar-refractivity contribution in [3.05, 3.63) is 47.5 Å². The molecule has 6 unspecified atom stereocenters. The Labute approximate surface area is 254 Å². The molecule has 2 heterocycles. The molecule has 232 valence electrons. The van der Waals surface area contributed by atoms with Crippen LogP contribution in [0.25, 0.3) is 0 Å². The van der Waals surface area contributed by atoms with Gasteiger partial charge in [-0.05, 0) is 99.6 Å². The molecule has 43 heavy (non-hydrogen) atoms. The van der Waals surface area contributed by atoms with E-state index in [1.165, 1.54) is 0 Å². The van der Waals surface area contributed by atoms with Gasteiger partial charge in [0.15, 0.2) is 35.6 Å². The minimum absolute atomic E-state index is 0.0249. The molecular weight excluding hydrogens is 548 g/mol. The van der Waals surface area contributed by atoms with Gasteiger partial charge in [-0.2, -0.15) is 0 Å². The lowest BCUT2D eigenvalue weighted by molar-refractivity contribution is -0.140. The molecule has 0 N–H and O–H groups in total. The van der Waals surface area contributed by atoms with Crippen molar-refractivity contribution in [2.24, 2.45) is 17.3 Å². The van der Waals surface area contributed by atoms with Crippen LogP contribution >= 0.6 is 0 Å². The molecule has 2 saturated heterocycles. The van der Waals surface area contributed by atoms with Crippen LogP contribution < -0.4 is 18.9 Å². The predicted molar refractivity (Wildman–Crippen MR) is 160 cm³/mol. The van der Waals surface area contributed by atoms with E-state index >= 15 is 0 Å². The number of ether oxygens (including phenoxy) is 6. The Balaban J connectivity index is 1.07. The first-order valence-electron chi connectivity index (χ1n) is 15.8. The molecule has 0 amide bonds. The lowest BCUT2D eigenvalue weighted by Crippen LogP contribution is -2.36. The molecule has 0 bridgehead atoms. The van der Waals surface area contributed by atoms with Crippen molar-refractivity contribution in [3.8, 4) is 23.0 Å². The normalized spacial score (nSPS) is 28.5. The largest absolute Gasteiger partial charge is 0.493 e. The number of hydrogen-bond donors (Lipinski definition) is 0. The fourth-order valence-corrected chi connectivity index (χ4v) is 6.67. The van der Waals surface area contributed by atoms with Crippen LogP contribution in [0.1, 0.15) is 88.2 Å². The molecule has 6 rings (SSSR count). The topological polar surface area (TPSA) is 89.5 Å². The maximum Gasteiger partial charge on any atom is 0.200 e. The number of hydrogen-bond acceptors (Lipinski definition) is 8. The summed E-state index contributed by atoms with van der Waals surface area (Å²) in [6.45, 7) is 5.01. The van der Waals surface area contributed by atoms with Gasteiger partial charge < -0.3 is 28.4 Å². The zero-order valence-electron chi connectivity index (χ0n) is 25.8. The third-order valence-corrected chi connectivity index (χ3v) is 9.51. The number of benzene rings is 2. The first-order valence-corrected chi connectivity index (χ1v) is 15.8. The van der Waals surface area contributed by atoms with Crippen LogP contribution in [0, 0.1) is 17.3 Å². The molecule has 0 spiro atoms. The summed E-state index contributed by atoms with van der Waals surface area (Å²) in [5.74, 6) is 2.43. The minimum Gasteiger partial charge on any atom is -0.493 e. The second kappa shape index (κ2) is 12.5. The van der Waals surface area contributed by atoms with Crippen LogP contribution in [0.15, 0.2) is 36.4 Å². The molecule has 8 nitrogen and oxygen atoms in total. The number of methoxy groups -OCH3 is 2. The fraction of sp³-hybridized carbons (Fsp3) is 0.600. The van der Waals surface area contributed by atoms with Gasteiger partial charge >= 0.3 is 0 Å². The van der Waals surface area contributed by atoms with Crippen molar-refractivity contribution < 1.29 is 38.0 Å². The molecule has 2 aromatic rings. The Hall–Kier alpha value is -3.10. The highest BCUT2D eigenvalue weighted by Crippen LogP contribution is 2.56. The third-order valence-electron chi connectivity index (χ3n) is 9.51. The standard InChI is InChI=1S/C35H44O8/c1-35(2,33(36)25-19-23(25)21-11-13-27(29(17-21)38-3)42-31-9-5-7-15-40-31)34(37)26-20-24(26)22-12-14-28(30(18-22)39-4)43-32-10-6-8-16-41-32/h11-14,17-18,23-26,31-32H,5-10,15-16,19-20H2,1-4H3. The maximum absolute atomic E-state index is 13.7. The Morgan fingerprint density at radius 2 is 1.12 bits per heavy atom. The van der Waals surface area contributed by atoms with Crippen molar-refractivity contribution in [2.75, 3.05) is 27.4 Å². The van der Waals surface area contributed by atoms with Crippen molar-refractivity contribution in [2.45, 2.75) is 89.6 Å². The Kier molecular flexibility index (Phi) is 8.70. The average Bonchev–Trinajstić information content (AvgIpc) is 3.97. The van der Waals surface area contributed by atoms with Gasteiger partial charge in [0.25, 0.3) is 0 Å². The van der Waals surface area contributed by atoms with E-state index in [1.54, 1.807) is 28.1 Å². The van der Waals surface area contributed by atoms with Crippen LogP contribution in [0.5, 0.6) is 23.0 Å². The van der Waals surface area contributed by atoms with Gasteiger partial charge in [-0.1, -0.05) is 12.1 Å². The van der Waals surface area contributed by atoms with Crippen molar-refractivity contribution in [3.63, 3.8) is 0 Å². The van der Waals surface area contributed by atoms with Crippen LogP contribution in [-0.2, 0) is 19.1 Å². The van der Waals surface area contributed by atoms with Gasteiger partial charge in [0.05, 0.1) is 32.8 Å². The lowest BCUT2D eigenvalue weighted by atomic mass is 9.78. The SMILES string of the molecule is COc1cc(C2CC2C(=O)C(C)(C)C(=O)C2CC2c2ccc(OC3CCCCO3)c(OC)c2)ccc1OC1CCCCO1. The molecule has 2 saturated carbocycles. The smallest absolute Gasteiger partial charge is 0.200 e. The van der Waals surface area contributed by atoms with E-state index in [2.05, 4.69) is 0 Å². The molecule has 6 atom stereocenters. The summed E-state index contributed by atoms with van der Waals surface area (Å²) in [5, 5.41) is 0. The van der Waals surface area contributed by atoms with Gasteiger partial charge in [0.2, 0.25) is 0 Å². The van der Waals surface area contributed by atoms with Crippen molar-refractivity contribution in [1.29, 1.82) is 0 Å². The second-order valence-corrected chi connectivity index (χ2v) is 12.9. The van der Waals surface area contributed by atoms with Gasteiger partial charge in [0, 0.05) is 24.7 Å². The predicted octanol–water partition coefficient (Wildman–Crippen LogP) is 6.59. The van der Waals surface area contributed by atoms with E-state index in [0.29, 0.717) is 36.2 Å². The van der Waals surface area contributed by atoms with E-state index in [9.17, 15) is 9.59 Å². The number of rotatable bonds is 12. The summed E-state index contributed by atoms with van der Waals surface area (Å²) in [7, 11) is 3.25. The highest BCUT2D eigenvalue weighted by Gasteiger charge is 2.56. The summed E-state index contributed by atoms with van der Waals surface area (Å²) < 4.78 is 34.8. The van der Waals surface area contributed by atoms with Gasteiger partial charge in [-0.15, -0.1) is 0 Å². The summed E-state index contributed by atoms with van der Waals surface area (Å²) >= 11 is 0. The van der Waals surface area contributed by atoms with E-state index < -0.39 is 5.41 Å². The number of ketones is 2. The molecule has 0 radical (unpaired) electrons. The summed E-state index contributed by atoms with van der Waals surface area (Å²) in [4.78, 5) is 27.4. The Bertz CT molecular complexity index is 1220. The van der Waals surface area contributed by atoms with Crippen molar-refractivity contribution in [1.82, 2.24) is 0 Å². The van der Waals surface area contributed by atoms with Crippen LogP contribution in [0.2, 0.25) is 0 Å². The van der Waals surface area contributed by atoms with Gasteiger partial charge in [-0.25, -0.2) is 0 Å². The molecule has 8 heteroatoms. The highest BCUT2D eigenvalue weighted by atomic mass is 16.7. The monoisotopic (exact) mass is 592 g/mol. The first kappa shape index (κ1) is 29.9. The molecule has 0 aromatic heterocycles. The quantitative estimate of drug-likeness (QED) is 0.255. The van der Waals surface area contributed by atoms with E-state index in [-0.39, 0.29) is 47.8 Å². The second-order valence-electron chi connectivity index (χ2n) is 12.9. The third kappa shape index (κ3) is 6.41. The minimum atomic E-state index is -1.05. The molecular formula is C35H44O8. The highest BCUT2D eigenvalue weighted by molar-refractivity contribution is 6.10.